The molecule has 0 saturated heterocycles. The Bertz CT molecular complexity index is 3090. The minimum Gasteiger partial charge on any atom is -0.478 e. The van der Waals surface area contributed by atoms with Gasteiger partial charge in [0, 0.05) is 211 Å². The summed E-state index contributed by atoms with van der Waals surface area (Å²) in [4.78, 5) is 11.5. The number of carboxylic acids is 1. The molecule has 1 N–H and O–H groups in total. The van der Waals surface area contributed by atoms with Crippen LogP contribution >= 0.6 is 0 Å². The number of terminal acetylenes is 2. The number of rotatable bonds is 3. The second-order valence-corrected chi connectivity index (χ2v) is 7.45. The van der Waals surface area contributed by atoms with Crippen molar-refractivity contribution in [1.29, 1.82) is 0 Å². The highest BCUT2D eigenvalue weighted by Gasteiger charge is 2.08. The molecule has 4 nitrogen and oxygen atoms in total. The fourth-order valence-electron chi connectivity index (χ4n) is 2.17. The number of carboxylic acid groups (broad SMARTS) is 1. The molecule has 0 atom stereocenters. The molecule has 0 bridgehead atoms. The van der Waals surface area contributed by atoms with E-state index in [0.717, 1.165) is 0 Å². The normalized spacial score (nSPS) is 5.20. The van der Waals surface area contributed by atoms with Gasteiger partial charge in [-0.15, -0.1) is 12.8 Å². The highest BCUT2D eigenvalue weighted by atomic mass is 16.5. The second-order valence-electron chi connectivity index (χ2n) is 7.45. The van der Waals surface area contributed by atoms with Gasteiger partial charge in [-0.25, -0.2) is 4.79 Å². The van der Waals surface area contributed by atoms with E-state index < -0.39 is 5.97 Å². The molecule has 0 amide bonds. The predicted molar refractivity (Wildman–Crippen MR) is 301 cm³/mol. The number of ether oxygens (including phenoxy) is 2. The van der Waals surface area contributed by atoms with Gasteiger partial charge in [-0.05, 0) is 107 Å². The Labute approximate surface area is 386 Å². The Morgan fingerprint density at radius 3 is 0.764 bits per heavy atom. The van der Waals surface area contributed by atoms with Gasteiger partial charge in [0.15, 0.2) is 0 Å². The van der Waals surface area contributed by atoms with Gasteiger partial charge in [-0.2, -0.15) is 0 Å². The van der Waals surface area contributed by atoms with Crippen LogP contribution in [0.2, 0.25) is 0 Å². The maximum atomic E-state index is 11.5. The van der Waals surface area contributed by atoms with Crippen molar-refractivity contribution in [1.82, 2.24) is 0 Å². The largest absolute Gasteiger partial charge is 0.478 e. The summed E-state index contributed by atoms with van der Waals surface area (Å²) < 4.78 is 10.5. The monoisotopic (exact) mass is 771 g/mol. The van der Waals surface area contributed by atoms with Crippen LogP contribution in [0.25, 0.3) is 0 Å². The molecule has 0 aliphatic carbocycles. The second kappa shape index (κ2) is 32.5. The Morgan fingerprint density at radius 1 is 0.364 bits per heavy atom. The molecule has 0 heterocycles. The molecule has 0 fully saturated rings. The molecule has 55 heavy (non-hydrogen) atoms. The highest BCUT2D eigenvalue weighted by molar-refractivity contribution is 5.88. The fraction of sp³-hybridized carbons (Fsp3) is 0. The summed E-state index contributed by atoms with van der Waals surface area (Å²) in [5, 5.41) is 9.38. The van der Waals surface area contributed by atoms with Crippen molar-refractivity contribution in [2.45, 2.75) is 0 Å². The molecule has 0 aromatic heterocycles. The molecule has 0 unspecified atom stereocenters. The molecule has 4 heteroatoms. The van der Waals surface area contributed by atoms with Crippen molar-refractivity contribution in [3.8, 4) is 273 Å². The first-order valence-corrected chi connectivity index (χ1v) is 13.8. The van der Waals surface area contributed by atoms with E-state index in [1.165, 1.54) is 18.2 Å². The van der Waals surface area contributed by atoms with Crippen molar-refractivity contribution in [3.63, 3.8) is 0 Å². The first-order valence-electron chi connectivity index (χ1n) is 13.8. The summed E-state index contributed by atoms with van der Waals surface area (Å²) in [5.74, 6) is 96.1. The smallest absolute Gasteiger partial charge is 0.335 e. The maximum absolute atomic E-state index is 11.5. The lowest BCUT2D eigenvalue weighted by atomic mass is 10.2. The van der Waals surface area contributed by atoms with E-state index in [0.29, 0.717) is 0 Å². The Kier molecular flexibility index (Phi) is 24.6. The Balaban J connectivity index is -0.0000000164. The van der Waals surface area contributed by atoms with Crippen LogP contribution in [0.3, 0.4) is 0 Å². The molecule has 0 radical (unpaired) electrons. The van der Waals surface area contributed by atoms with Crippen LogP contribution in [0.5, 0.6) is 11.5 Å². The van der Waals surface area contributed by atoms with Crippen molar-refractivity contribution >= 4 is 5.97 Å². The van der Waals surface area contributed by atoms with E-state index >= 15 is 0 Å². The third kappa shape index (κ3) is 27.4. The molecular formula is C51H94O4. The van der Waals surface area contributed by atoms with Gasteiger partial charge in [-0.1, -0.05) is 0 Å². The van der Waals surface area contributed by atoms with Crippen LogP contribution in [0.4, 0.5) is 0 Å². The van der Waals surface area contributed by atoms with E-state index in [4.69, 9.17) is 22.3 Å². The topological polar surface area (TPSA) is 55.8 Å². The number of hydrogen-bond donors (Lipinski definition) is 1. The molecule has 322 valence electrons. The molecule has 0 aliphatic heterocycles. The average Bonchev–Trinajstić information content (AvgIpc) is 3.19. The molecular weight excluding hydrogens is 677 g/mol. The molecule has 1 aromatic carbocycles. The standard InChI is InChI=1S/C51H6O4.44H2/c1-3-5-7-9-11-13-15-17-19-21-23-25-27-29-31-33-35-37-39-41-43-54-49-45-48(51(52)53)46-50(47-49)55-44-42-40-38-36-34-32-30-28-26-24-22-20-18-16-14-12-10-8-6-4-2;;;;;;;;;;;;;;;;;;;;;;;;;;;;;;;;;;;;;;;;;;;;/h1-2,45-47H,(H,52,53);44*1H. The lowest BCUT2D eigenvalue weighted by Gasteiger charge is -2.03. The van der Waals surface area contributed by atoms with Crippen molar-refractivity contribution in [2.24, 2.45) is 0 Å². The third-order valence-corrected chi connectivity index (χ3v) is 3.96. The molecule has 1 rings (SSSR count). The summed E-state index contributed by atoms with van der Waals surface area (Å²) in [7, 11) is 0. The third-order valence-electron chi connectivity index (χ3n) is 3.96. The van der Waals surface area contributed by atoms with E-state index in [1.807, 2.05) is 0 Å². The molecule has 0 saturated carbocycles. The van der Waals surface area contributed by atoms with Crippen LogP contribution in [0.1, 0.15) is 73.1 Å². The first-order chi connectivity index (χ1) is 27.2. The van der Waals surface area contributed by atoms with Crippen LogP contribution in [-0.4, -0.2) is 11.1 Å². The van der Waals surface area contributed by atoms with Gasteiger partial charge < -0.3 is 14.6 Å². The van der Waals surface area contributed by atoms with Crippen LogP contribution < -0.4 is 9.47 Å². The Hall–Kier alpha value is -11.4. The van der Waals surface area contributed by atoms with Crippen LogP contribution in [-0.2, 0) is 0 Å². The van der Waals surface area contributed by atoms with Gasteiger partial charge in [0.1, 0.15) is 23.7 Å². The number of hydrogen-bond acceptors (Lipinski definition) is 3. The lowest BCUT2D eigenvalue weighted by Crippen LogP contribution is -1.98. The van der Waals surface area contributed by atoms with Gasteiger partial charge in [-0.3, -0.25) is 0 Å². The van der Waals surface area contributed by atoms with E-state index in [-0.39, 0.29) is 79.8 Å². The predicted octanol–water partition coefficient (Wildman–Crippen LogP) is 12.2. The average molecular weight is 771 g/mol. The van der Waals surface area contributed by atoms with E-state index in [9.17, 15) is 9.90 Å². The summed E-state index contributed by atoms with van der Waals surface area (Å²) >= 11 is 0. The van der Waals surface area contributed by atoms with E-state index in [1.54, 1.807) is 0 Å². The van der Waals surface area contributed by atoms with Crippen molar-refractivity contribution in [3.05, 3.63) is 23.8 Å². The molecule has 0 aliphatic rings. The van der Waals surface area contributed by atoms with Crippen LogP contribution in [0.15, 0.2) is 18.2 Å². The molecule has 0 spiro atoms. The van der Waals surface area contributed by atoms with Crippen molar-refractivity contribution < 1.29 is 82.1 Å². The van der Waals surface area contributed by atoms with E-state index in [2.05, 4.69) is 249 Å². The maximum Gasteiger partial charge on any atom is 0.335 e. The zero-order chi connectivity index (χ0) is 39.5. The van der Waals surface area contributed by atoms with Crippen LogP contribution in [0, 0.1) is 262 Å². The molecule has 1 aromatic rings. The first kappa shape index (κ1) is 41.6. The minimum atomic E-state index is -1.23. The van der Waals surface area contributed by atoms with Gasteiger partial charge >= 0.3 is 5.97 Å². The summed E-state index contributed by atoms with van der Waals surface area (Å²) in [6.07, 6.45) is 14.5. The van der Waals surface area contributed by atoms with Gasteiger partial charge in [0.05, 0.1) is 5.56 Å². The number of benzene rings is 1. The van der Waals surface area contributed by atoms with Crippen molar-refractivity contribution in [2.75, 3.05) is 0 Å². The van der Waals surface area contributed by atoms with Gasteiger partial charge in [0.25, 0.3) is 0 Å². The zero-order valence-corrected chi connectivity index (χ0v) is 27.6. The SMILES string of the molecule is C#CC#CC#CC#CC#CC#CC#CC#CC#CC#CC#COc1cc(OC#CC#CC#CC#CC#CC#CC#CC#CC#CC#CC#C)cc(C(=O)O)c1.[HH].[HH].[HH].[HH].[HH].[HH].[HH].[HH].[HH].[HH].[HH].[HH].[HH].[HH].[HH].[HH].[HH].[HH].[HH].[HH].[HH].[HH].[HH].[HH].[HH].[HH].[HH].[HH].[HH].[HH].[HH].[HH].[HH].[HH].[HH].[HH].[HH].[HH].[HH].[HH].[HH].[HH].[HH].[HH]. The number of carbonyl (C=O) groups is 1. The summed E-state index contributed by atoms with van der Waals surface area (Å²) in [6.45, 7) is 0. The number of aromatic carboxylic acids is 1. The lowest BCUT2D eigenvalue weighted by molar-refractivity contribution is 0.0696. The quantitative estimate of drug-likeness (QED) is 0.311. The minimum absolute atomic E-state index is 0. The fourth-order valence-corrected chi connectivity index (χ4v) is 2.17. The Morgan fingerprint density at radius 2 is 0.564 bits per heavy atom. The zero-order valence-electron chi connectivity index (χ0n) is 27.6. The summed E-state index contributed by atoms with van der Waals surface area (Å²) in [6, 6.07) is 3.84. The highest BCUT2D eigenvalue weighted by Crippen LogP contribution is 2.22. The van der Waals surface area contributed by atoms with Gasteiger partial charge in [0.2, 0.25) is 0 Å². The summed E-state index contributed by atoms with van der Waals surface area (Å²) in [5.41, 5.74) is -0.134.